The summed E-state index contributed by atoms with van der Waals surface area (Å²) in [5, 5.41) is 2.45. The normalized spacial score (nSPS) is 24.2. The van der Waals surface area contributed by atoms with Gasteiger partial charge < -0.3 is 10.1 Å². The fourth-order valence-corrected chi connectivity index (χ4v) is 1.92. The van der Waals surface area contributed by atoms with E-state index in [4.69, 9.17) is 0 Å². The number of alkyl halides is 3. The van der Waals surface area contributed by atoms with E-state index in [1.165, 1.54) is 0 Å². The van der Waals surface area contributed by atoms with Crippen molar-refractivity contribution in [1.82, 2.24) is 5.32 Å². The van der Waals surface area contributed by atoms with E-state index in [-0.39, 0.29) is 11.5 Å². The molecule has 94 valence electrons. The molecule has 1 atom stereocenters. The van der Waals surface area contributed by atoms with Gasteiger partial charge in [0.1, 0.15) is 0 Å². The van der Waals surface area contributed by atoms with Gasteiger partial charge in [0.15, 0.2) is 6.61 Å². The van der Waals surface area contributed by atoms with Crippen LogP contribution >= 0.6 is 0 Å². The Labute approximate surface area is 92.3 Å². The van der Waals surface area contributed by atoms with Gasteiger partial charge in [0.05, 0.1) is 0 Å². The first-order valence-electron chi connectivity index (χ1n) is 5.18. The lowest BCUT2D eigenvalue weighted by Gasteiger charge is -2.17. The fourth-order valence-electron chi connectivity index (χ4n) is 1.92. The Kier molecular flexibility index (Phi) is 3.70. The van der Waals surface area contributed by atoms with E-state index < -0.39 is 18.9 Å². The smallest absolute Gasteiger partial charge is 0.422 e. The van der Waals surface area contributed by atoms with Crippen LogP contribution in [0.4, 0.5) is 18.0 Å². The van der Waals surface area contributed by atoms with Gasteiger partial charge in [-0.05, 0) is 24.7 Å². The van der Waals surface area contributed by atoms with E-state index in [9.17, 15) is 18.0 Å². The quantitative estimate of drug-likeness (QED) is 0.804. The first kappa shape index (κ1) is 13.1. The average Bonchev–Trinajstić information content (AvgIpc) is 2.41. The lowest BCUT2D eigenvalue weighted by Crippen LogP contribution is -2.35. The van der Waals surface area contributed by atoms with Crippen LogP contribution in [0.2, 0.25) is 0 Å². The van der Waals surface area contributed by atoms with Gasteiger partial charge in [-0.15, -0.1) is 0 Å². The lowest BCUT2D eigenvalue weighted by molar-refractivity contribution is -0.160. The molecule has 1 rings (SSSR count). The predicted molar refractivity (Wildman–Crippen MR) is 52.0 cm³/mol. The van der Waals surface area contributed by atoms with Crippen molar-refractivity contribution in [3.63, 3.8) is 0 Å². The highest BCUT2D eigenvalue weighted by molar-refractivity contribution is 5.67. The van der Waals surface area contributed by atoms with Gasteiger partial charge in [-0.25, -0.2) is 4.79 Å². The zero-order chi connectivity index (χ0) is 12.4. The second kappa shape index (κ2) is 4.51. The largest absolute Gasteiger partial charge is 0.440 e. The number of carbonyl (C=O) groups excluding carboxylic acids is 1. The summed E-state index contributed by atoms with van der Waals surface area (Å²) < 4.78 is 39.3. The molecular formula is C10H16F3NO2. The van der Waals surface area contributed by atoms with Crippen molar-refractivity contribution < 1.29 is 22.7 Å². The van der Waals surface area contributed by atoms with Crippen LogP contribution in [-0.2, 0) is 4.74 Å². The molecule has 0 aliphatic heterocycles. The van der Waals surface area contributed by atoms with Crippen molar-refractivity contribution in [2.75, 3.05) is 6.61 Å². The molecule has 1 saturated carbocycles. The number of ether oxygens (including phenoxy) is 1. The van der Waals surface area contributed by atoms with E-state index in [2.05, 4.69) is 23.9 Å². The molecule has 1 amide bonds. The Morgan fingerprint density at radius 1 is 1.50 bits per heavy atom. The second-order valence-corrected chi connectivity index (χ2v) is 4.94. The second-order valence-electron chi connectivity index (χ2n) is 4.94. The summed E-state index contributed by atoms with van der Waals surface area (Å²) in [6.07, 6.45) is -2.94. The molecule has 16 heavy (non-hydrogen) atoms. The maximum Gasteiger partial charge on any atom is 0.422 e. The highest BCUT2D eigenvalue weighted by atomic mass is 19.4. The standard InChI is InChI=1S/C10H16F3NO2/c1-9(2)4-3-7(5-9)14-8(15)16-6-10(11,12)13/h7H,3-6H2,1-2H3,(H,14,15). The predicted octanol–water partition coefficient (Wildman–Crippen LogP) is 2.85. The highest BCUT2D eigenvalue weighted by Gasteiger charge is 2.33. The number of carbonyl (C=O) groups is 1. The van der Waals surface area contributed by atoms with Gasteiger partial charge in [-0.2, -0.15) is 13.2 Å². The summed E-state index contributed by atoms with van der Waals surface area (Å²) in [6.45, 7) is 2.60. The van der Waals surface area contributed by atoms with Crippen molar-refractivity contribution in [2.45, 2.75) is 45.3 Å². The van der Waals surface area contributed by atoms with E-state index in [0.29, 0.717) is 0 Å². The fraction of sp³-hybridized carbons (Fsp3) is 0.900. The van der Waals surface area contributed by atoms with Crippen LogP contribution in [0.5, 0.6) is 0 Å². The number of hydrogen-bond donors (Lipinski definition) is 1. The first-order valence-corrected chi connectivity index (χ1v) is 5.18. The molecule has 1 N–H and O–H groups in total. The van der Waals surface area contributed by atoms with Crippen molar-refractivity contribution in [2.24, 2.45) is 5.41 Å². The van der Waals surface area contributed by atoms with Gasteiger partial charge in [0.2, 0.25) is 0 Å². The Balaban J connectivity index is 2.26. The Morgan fingerprint density at radius 3 is 2.56 bits per heavy atom. The van der Waals surface area contributed by atoms with Crippen LogP contribution in [0, 0.1) is 5.41 Å². The molecule has 1 aliphatic carbocycles. The number of rotatable bonds is 2. The molecule has 1 unspecified atom stereocenters. The molecule has 0 aromatic carbocycles. The summed E-state index contributed by atoms with van der Waals surface area (Å²) in [4.78, 5) is 11.0. The molecule has 1 aliphatic rings. The topological polar surface area (TPSA) is 38.3 Å². The van der Waals surface area contributed by atoms with E-state index in [1.54, 1.807) is 0 Å². The van der Waals surface area contributed by atoms with Crippen LogP contribution in [0.3, 0.4) is 0 Å². The van der Waals surface area contributed by atoms with Crippen molar-refractivity contribution in [3.05, 3.63) is 0 Å². The third-order valence-corrected chi connectivity index (χ3v) is 2.66. The van der Waals surface area contributed by atoms with Crippen molar-refractivity contribution in [3.8, 4) is 0 Å². The minimum Gasteiger partial charge on any atom is -0.440 e. The third-order valence-electron chi connectivity index (χ3n) is 2.66. The Hall–Kier alpha value is -0.940. The molecule has 0 aromatic rings. The van der Waals surface area contributed by atoms with Gasteiger partial charge in [0.25, 0.3) is 0 Å². The molecule has 1 fully saturated rings. The lowest BCUT2D eigenvalue weighted by atomic mass is 9.92. The number of nitrogens with one attached hydrogen (secondary N) is 1. The molecule has 0 heterocycles. The molecule has 0 radical (unpaired) electrons. The zero-order valence-corrected chi connectivity index (χ0v) is 9.36. The Morgan fingerprint density at radius 2 is 2.12 bits per heavy atom. The summed E-state index contributed by atoms with van der Waals surface area (Å²) >= 11 is 0. The van der Waals surface area contributed by atoms with Crippen molar-refractivity contribution >= 4 is 6.09 Å². The number of amides is 1. The summed E-state index contributed by atoms with van der Waals surface area (Å²) in [5.74, 6) is 0. The molecule has 6 heteroatoms. The highest BCUT2D eigenvalue weighted by Crippen LogP contribution is 2.36. The maximum atomic E-state index is 11.7. The molecule has 3 nitrogen and oxygen atoms in total. The van der Waals surface area contributed by atoms with E-state index in [0.717, 1.165) is 19.3 Å². The third kappa shape index (κ3) is 4.72. The summed E-state index contributed by atoms with van der Waals surface area (Å²) in [7, 11) is 0. The molecule has 0 bridgehead atoms. The van der Waals surface area contributed by atoms with Crippen molar-refractivity contribution in [1.29, 1.82) is 0 Å². The molecular weight excluding hydrogens is 223 g/mol. The van der Waals surface area contributed by atoms with E-state index >= 15 is 0 Å². The Bertz CT molecular complexity index is 263. The van der Waals surface area contributed by atoms with Crippen LogP contribution in [0.25, 0.3) is 0 Å². The number of hydrogen-bond acceptors (Lipinski definition) is 2. The summed E-state index contributed by atoms with van der Waals surface area (Å²) in [5.41, 5.74) is 0.141. The minimum atomic E-state index is -4.47. The molecule has 0 aromatic heterocycles. The summed E-state index contributed by atoms with van der Waals surface area (Å²) in [6, 6.07) is -0.0734. The molecule has 0 saturated heterocycles. The van der Waals surface area contributed by atoms with Crippen LogP contribution in [0.15, 0.2) is 0 Å². The van der Waals surface area contributed by atoms with Gasteiger partial charge in [-0.3, -0.25) is 0 Å². The minimum absolute atomic E-state index is 0.0734. The van der Waals surface area contributed by atoms with Gasteiger partial charge in [-0.1, -0.05) is 13.8 Å². The molecule has 0 spiro atoms. The van der Waals surface area contributed by atoms with E-state index in [1.807, 2.05) is 0 Å². The first-order chi connectivity index (χ1) is 7.18. The van der Waals surface area contributed by atoms with Crippen LogP contribution in [0.1, 0.15) is 33.1 Å². The SMILES string of the molecule is CC1(C)CCC(NC(=O)OCC(F)(F)F)C1. The maximum absolute atomic E-state index is 11.7. The van der Waals surface area contributed by atoms with Crippen LogP contribution < -0.4 is 5.32 Å². The average molecular weight is 239 g/mol. The van der Waals surface area contributed by atoms with Gasteiger partial charge >= 0.3 is 12.3 Å². The monoisotopic (exact) mass is 239 g/mol. The number of alkyl carbamates (subject to hydrolysis) is 1. The van der Waals surface area contributed by atoms with Crippen LogP contribution in [-0.4, -0.2) is 24.9 Å². The number of halogens is 3. The zero-order valence-electron chi connectivity index (χ0n) is 9.36. The van der Waals surface area contributed by atoms with Gasteiger partial charge in [0, 0.05) is 6.04 Å².